The van der Waals surface area contributed by atoms with E-state index >= 15 is 0 Å². The first kappa shape index (κ1) is 15.0. The third-order valence-electron chi connectivity index (χ3n) is 3.60. The minimum atomic E-state index is 0.00320. The quantitative estimate of drug-likeness (QED) is 0.803. The molecule has 3 N–H and O–H groups in total. The molecule has 20 heavy (non-hydrogen) atoms. The van der Waals surface area contributed by atoms with Crippen molar-refractivity contribution < 1.29 is 4.79 Å². The topological polar surface area (TPSA) is 58.4 Å². The molecule has 4 nitrogen and oxygen atoms in total. The summed E-state index contributed by atoms with van der Waals surface area (Å²) in [5.41, 5.74) is 6.04. The number of likely N-dealkylation sites (tertiary alicyclic amines) is 1. The lowest BCUT2D eigenvalue weighted by Crippen LogP contribution is -2.48. The van der Waals surface area contributed by atoms with Crippen molar-refractivity contribution in [3.05, 3.63) is 21.9 Å². The molecule has 0 aliphatic carbocycles. The zero-order valence-electron chi connectivity index (χ0n) is 12.0. The molecule has 2 atom stereocenters. The van der Waals surface area contributed by atoms with Crippen LogP contribution in [0.4, 0.5) is 0 Å². The minimum absolute atomic E-state index is 0.00320. The molecule has 0 spiro atoms. The van der Waals surface area contributed by atoms with Crippen molar-refractivity contribution >= 4 is 17.2 Å². The number of nitrogens with two attached hydrogens (primary N) is 1. The van der Waals surface area contributed by atoms with Crippen LogP contribution < -0.4 is 11.1 Å². The number of nitrogens with one attached hydrogen (secondary N) is 1. The maximum atomic E-state index is 12.2. The summed E-state index contributed by atoms with van der Waals surface area (Å²) < 4.78 is 0. The lowest BCUT2D eigenvalue weighted by atomic mass is 9.94. The summed E-state index contributed by atoms with van der Waals surface area (Å²) in [5.74, 6) is 6.24. The van der Waals surface area contributed by atoms with Crippen molar-refractivity contribution in [3.8, 4) is 11.8 Å². The minimum Gasteiger partial charge on any atom is -0.349 e. The van der Waals surface area contributed by atoms with Gasteiger partial charge in [0.15, 0.2) is 0 Å². The highest BCUT2D eigenvalue weighted by Gasteiger charge is 2.25. The van der Waals surface area contributed by atoms with Crippen LogP contribution in [0, 0.1) is 17.8 Å². The first-order valence-corrected chi connectivity index (χ1v) is 7.75. The number of piperidine rings is 1. The molecule has 0 radical (unpaired) electrons. The van der Waals surface area contributed by atoms with Gasteiger partial charge in [0, 0.05) is 18.0 Å². The van der Waals surface area contributed by atoms with Gasteiger partial charge in [-0.05, 0) is 32.0 Å². The Morgan fingerprint density at radius 3 is 3.15 bits per heavy atom. The first-order chi connectivity index (χ1) is 9.60. The standard InChI is InChI=1S/C15H21N3OS/c1-11-9-18(2)7-5-14(11)17-15(19)12-8-13(20-10-12)4-3-6-16/h8,10-11,14H,5-7,9,16H2,1-2H3,(H,17,19). The molecule has 0 bridgehead atoms. The van der Waals surface area contributed by atoms with Gasteiger partial charge in [-0.2, -0.15) is 0 Å². The van der Waals surface area contributed by atoms with Gasteiger partial charge >= 0.3 is 0 Å². The molecule has 0 saturated carbocycles. The normalized spacial score (nSPS) is 22.9. The van der Waals surface area contributed by atoms with Crippen LogP contribution in [-0.2, 0) is 0 Å². The van der Waals surface area contributed by atoms with E-state index in [1.807, 2.05) is 11.4 Å². The molecule has 2 rings (SSSR count). The third kappa shape index (κ3) is 3.83. The molecule has 1 aromatic heterocycles. The number of carbonyl (C=O) groups is 1. The number of rotatable bonds is 2. The SMILES string of the molecule is CC1CN(C)CCC1NC(=O)c1csc(C#CCN)c1. The largest absolute Gasteiger partial charge is 0.349 e. The summed E-state index contributed by atoms with van der Waals surface area (Å²) >= 11 is 1.48. The average molecular weight is 291 g/mol. The van der Waals surface area contributed by atoms with Crippen LogP contribution in [-0.4, -0.2) is 43.5 Å². The summed E-state index contributed by atoms with van der Waals surface area (Å²) in [4.78, 5) is 15.4. The monoisotopic (exact) mass is 291 g/mol. The smallest absolute Gasteiger partial charge is 0.252 e. The average Bonchev–Trinajstić information content (AvgIpc) is 2.88. The van der Waals surface area contributed by atoms with E-state index in [1.165, 1.54) is 11.3 Å². The Morgan fingerprint density at radius 1 is 1.65 bits per heavy atom. The van der Waals surface area contributed by atoms with Crippen molar-refractivity contribution in [3.63, 3.8) is 0 Å². The molecule has 2 unspecified atom stereocenters. The van der Waals surface area contributed by atoms with Crippen LogP contribution in [0.1, 0.15) is 28.6 Å². The van der Waals surface area contributed by atoms with E-state index in [-0.39, 0.29) is 11.9 Å². The van der Waals surface area contributed by atoms with Gasteiger partial charge in [-0.25, -0.2) is 0 Å². The van der Waals surface area contributed by atoms with E-state index in [1.54, 1.807) is 0 Å². The fourth-order valence-corrected chi connectivity index (χ4v) is 3.23. The number of nitrogens with zero attached hydrogens (tertiary/aromatic N) is 1. The van der Waals surface area contributed by atoms with Gasteiger partial charge in [0.1, 0.15) is 0 Å². The van der Waals surface area contributed by atoms with E-state index in [0.717, 1.165) is 24.4 Å². The molecule has 1 fully saturated rings. The number of hydrogen-bond donors (Lipinski definition) is 2. The highest BCUT2D eigenvalue weighted by Crippen LogP contribution is 2.18. The lowest BCUT2D eigenvalue weighted by molar-refractivity contribution is 0.0884. The van der Waals surface area contributed by atoms with Crippen molar-refractivity contribution in [1.82, 2.24) is 10.2 Å². The molecule has 5 heteroatoms. The Kier molecular flexibility index (Phi) is 5.18. The van der Waals surface area contributed by atoms with E-state index in [4.69, 9.17) is 5.73 Å². The zero-order valence-corrected chi connectivity index (χ0v) is 12.8. The van der Waals surface area contributed by atoms with Crippen molar-refractivity contribution in [2.24, 2.45) is 11.7 Å². The Hall–Kier alpha value is -1.35. The molecule has 1 aliphatic heterocycles. The molecule has 108 valence electrons. The van der Waals surface area contributed by atoms with Crippen LogP contribution in [0.5, 0.6) is 0 Å². The molecule has 1 aromatic rings. The van der Waals surface area contributed by atoms with Gasteiger partial charge in [0.2, 0.25) is 0 Å². The lowest BCUT2D eigenvalue weighted by Gasteiger charge is -2.35. The fraction of sp³-hybridized carbons (Fsp3) is 0.533. The summed E-state index contributed by atoms with van der Waals surface area (Å²) in [7, 11) is 2.12. The highest BCUT2D eigenvalue weighted by molar-refractivity contribution is 7.10. The van der Waals surface area contributed by atoms with E-state index < -0.39 is 0 Å². The van der Waals surface area contributed by atoms with Crippen molar-refractivity contribution in [1.29, 1.82) is 0 Å². The molecule has 1 saturated heterocycles. The summed E-state index contributed by atoms with van der Waals surface area (Å²) in [6.07, 6.45) is 1.01. The molecular weight excluding hydrogens is 270 g/mol. The van der Waals surface area contributed by atoms with E-state index in [2.05, 4.69) is 36.0 Å². The second-order valence-corrected chi connectivity index (χ2v) is 6.22. The third-order valence-corrected chi connectivity index (χ3v) is 4.45. The van der Waals surface area contributed by atoms with Gasteiger partial charge in [-0.1, -0.05) is 18.8 Å². The molecule has 0 aromatic carbocycles. The van der Waals surface area contributed by atoms with Gasteiger partial charge in [-0.15, -0.1) is 11.3 Å². The summed E-state index contributed by atoms with van der Waals surface area (Å²) in [6, 6.07) is 2.10. The number of hydrogen-bond acceptors (Lipinski definition) is 4. The Bertz CT molecular complexity index is 529. The van der Waals surface area contributed by atoms with Crippen LogP contribution in [0.2, 0.25) is 0 Å². The molecule has 1 amide bonds. The van der Waals surface area contributed by atoms with Crippen LogP contribution in [0.3, 0.4) is 0 Å². The Morgan fingerprint density at radius 2 is 2.45 bits per heavy atom. The van der Waals surface area contributed by atoms with Gasteiger partial charge in [0.25, 0.3) is 5.91 Å². The predicted molar refractivity (Wildman–Crippen MR) is 82.8 cm³/mol. The van der Waals surface area contributed by atoms with Gasteiger partial charge in [0.05, 0.1) is 17.0 Å². The van der Waals surface area contributed by atoms with Gasteiger partial charge < -0.3 is 16.0 Å². The van der Waals surface area contributed by atoms with Crippen LogP contribution in [0.25, 0.3) is 0 Å². The second-order valence-electron chi connectivity index (χ2n) is 5.31. The Labute approximate surface area is 124 Å². The predicted octanol–water partition coefficient (Wildman–Crippen LogP) is 1.13. The molecule has 2 heterocycles. The van der Waals surface area contributed by atoms with Crippen LogP contribution >= 0.6 is 11.3 Å². The summed E-state index contributed by atoms with van der Waals surface area (Å²) in [5, 5.41) is 5.00. The summed E-state index contributed by atoms with van der Waals surface area (Å²) in [6.45, 7) is 4.59. The molecule has 1 aliphatic rings. The maximum absolute atomic E-state index is 12.2. The number of carbonyl (C=O) groups excluding carboxylic acids is 1. The van der Waals surface area contributed by atoms with E-state index in [0.29, 0.717) is 18.0 Å². The number of thiophene rings is 1. The van der Waals surface area contributed by atoms with Gasteiger partial charge in [-0.3, -0.25) is 4.79 Å². The second kappa shape index (κ2) is 6.89. The highest BCUT2D eigenvalue weighted by atomic mass is 32.1. The maximum Gasteiger partial charge on any atom is 0.252 e. The van der Waals surface area contributed by atoms with Crippen molar-refractivity contribution in [2.45, 2.75) is 19.4 Å². The zero-order chi connectivity index (χ0) is 14.5. The van der Waals surface area contributed by atoms with E-state index in [9.17, 15) is 4.79 Å². The number of amides is 1. The first-order valence-electron chi connectivity index (χ1n) is 6.87. The van der Waals surface area contributed by atoms with Crippen molar-refractivity contribution in [2.75, 3.05) is 26.7 Å². The fourth-order valence-electron chi connectivity index (χ4n) is 2.48. The molecular formula is C15H21N3OS. The van der Waals surface area contributed by atoms with Crippen LogP contribution in [0.15, 0.2) is 11.4 Å². The Balaban J connectivity index is 1.96.